The summed E-state index contributed by atoms with van der Waals surface area (Å²) >= 11 is 0. The third-order valence-electron chi connectivity index (χ3n) is 2.95. The highest BCUT2D eigenvalue weighted by Gasteiger charge is 2.14. The molecule has 0 aliphatic carbocycles. The molecule has 2 heterocycles. The Morgan fingerprint density at radius 3 is 3.12 bits per heavy atom. The van der Waals surface area contributed by atoms with Crippen LogP contribution in [-0.4, -0.2) is 30.8 Å². The normalized spacial score (nSPS) is 19.6. The van der Waals surface area contributed by atoms with E-state index in [1.807, 2.05) is 0 Å². The zero-order chi connectivity index (χ0) is 12.1. The first-order chi connectivity index (χ1) is 8.25. The Balaban J connectivity index is 1.65. The molecule has 0 amide bonds. The van der Waals surface area contributed by atoms with Gasteiger partial charge < -0.3 is 19.6 Å². The van der Waals surface area contributed by atoms with E-state index in [1.54, 1.807) is 6.07 Å². The van der Waals surface area contributed by atoms with Gasteiger partial charge in [0.15, 0.2) is 0 Å². The first kappa shape index (κ1) is 12.1. The number of rotatable bonds is 6. The summed E-state index contributed by atoms with van der Waals surface area (Å²) in [6.45, 7) is 3.22. The largest absolute Gasteiger partial charge is 0.478 e. The van der Waals surface area contributed by atoms with E-state index >= 15 is 0 Å². The minimum absolute atomic E-state index is 0.200. The van der Waals surface area contributed by atoms with E-state index in [0.717, 1.165) is 32.6 Å². The van der Waals surface area contributed by atoms with Gasteiger partial charge in [-0.3, -0.25) is 0 Å². The van der Waals surface area contributed by atoms with Crippen molar-refractivity contribution in [2.24, 2.45) is 5.92 Å². The lowest BCUT2D eigenvalue weighted by Crippen LogP contribution is -2.17. The van der Waals surface area contributed by atoms with E-state index < -0.39 is 5.97 Å². The van der Waals surface area contributed by atoms with E-state index in [4.69, 9.17) is 14.3 Å². The zero-order valence-electron chi connectivity index (χ0n) is 9.65. The van der Waals surface area contributed by atoms with Crippen LogP contribution in [0.3, 0.4) is 0 Å². The van der Waals surface area contributed by atoms with Crippen LogP contribution in [0.25, 0.3) is 0 Å². The van der Waals surface area contributed by atoms with Crippen LogP contribution in [0.1, 0.15) is 29.0 Å². The molecule has 1 aromatic heterocycles. The van der Waals surface area contributed by atoms with Crippen molar-refractivity contribution in [2.75, 3.05) is 19.8 Å². The number of nitrogens with one attached hydrogen (secondary N) is 1. The molecule has 2 rings (SSSR count). The summed E-state index contributed by atoms with van der Waals surface area (Å²) in [5.74, 6) is 0.363. The van der Waals surface area contributed by atoms with Gasteiger partial charge >= 0.3 is 5.97 Å². The number of ether oxygens (including phenoxy) is 1. The van der Waals surface area contributed by atoms with Crippen molar-refractivity contribution in [1.82, 2.24) is 5.32 Å². The average molecular weight is 239 g/mol. The quantitative estimate of drug-likeness (QED) is 0.736. The van der Waals surface area contributed by atoms with E-state index in [9.17, 15) is 4.79 Å². The van der Waals surface area contributed by atoms with E-state index in [2.05, 4.69) is 5.32 Å². The highest BCUT2D eigenvalue weighted by molar-refractivity contribution is 5.87. The molecule has 0 radical (unpaired) electrons. The Morgan fingerprint density at radius 2 is 2.47 bits per heavy atom. The SMILES string of the molecule is O=C(O)c1coc(CNCCC2CCOC2)c1. The smallest absolute Gasteiger partial charge is 0.338 e. The Kier molecular flexibility index (Phi) is 4.17. The maximum atomic E-state index is 10.6. The number of aromatic carboxylic acids is 1. The van der Waals surface area contributed by atoms with Gasteiger partial charge in [-0.15, -0.1) is 0 Å². The molecule has 1 aliphatic rings. The van der Waals surface area contributed by atoms with E-state index in [1.165, 1.54) is 6.26 Å². The van der Waals surface area contributed by atoms with Crippen LogP contribution in [0.4, 0.5) is 0 Å². The topological polar surface area (TPSA) is 71.7 Å². The van der Waals surface area contributed by atoms with Crippen molar-refractivity contribution < 1.29 is 19.1 Å². The third kappa shape index (κ3) is 3.57. The second kappa shape index (κ2) is 5.84. The molecule has 0 bridgehead atoms. The predicted molar refractivity (Wildman–Crippen MR) is 60.9 cm³/mol. The lowest BCUT2D eigenvalue weighted by Gasteiger charge is -2.07. The fraction of sp³-hybridized carbons (Fsp3) is 0.583. The van der Waals surface area contributed by atoms with Gasteiger partial charge in [-0.2, -0.15) is 0 Å². The highest BCUT2D eigenvalue weighted by atomic mass is 16.5. The number of hydrogen-bond acceptors (Lipinski definition) is 4. The molecule has 1 fully saturated rings. The summed E-state index contributed by atoms with van der Waals surface area (Å²) in [6.07, 6.45) is 3.50. The Hall–Kier alpha value is -1.33. The molecule has 1 aromatic rings. The Morgan fingerprint density at radius 1 is 1.59 bits per heavy atom. The molecule has 1 unspecified atom stereocenters. The summed E-state index contributed by atoms with van der Waals surface area (Å²) in [6, 6.07) is 1.55. The molecule has 5 nitrogen and oxygen atoms in total. The molecule has 17 heavy (non-hydrogen) atoms. The second-order valence-corrected chi connectivity index (χ2v) is 4.30. The molecule has 1 saturated heterocycles. The first-order valence-corrected chi connectivity index (χ1v) is 5.85. The van der Waals surface area contributed by atoms with Crippen molar-refractivity contribution in [3.8, 4) is 0 Å². The molecule has 0 spiro atoms. The maximum Gasteiger partial charge on any atom is 0.338 e. The molecular formula is C12H17NO4. The minimum atomic E-state index is -0.955. The van der Waals surface area contributed by atoms with Crippen molar-refractivity contribution >= 4 is 5.97 Å². The molecule has 0 saturated carbocycles. The number of carbonyl (C=O) groups is 1. The first-order valence-electron chi connectivity index (χ1n) is 5.85. The van der Waals surface area contributed by atoms with Crippen molar-refractivity contribution in [2.45, 2.75) is 19.4 Å². The van der Waals surface area contributed by atoms with Crippen LogP contribution >= 0.6 is 0 Å². The minimum Gasteiger partial charge on any atom is -0.478 e. The maximum absolute atomic E-state index is 10.6. The molecule has 94 valence electrons. The second-order valence-electron chi connectivity index (χ2n) is 4.30. The summed E-state index contributed by atoms with van der Waals surface area (Å²) in [7, 11) is 0. The van der Waals surface area contributed by atoms with Gasteiger partial charge in [0.2, 0.25) is 0 Å². The lowest BCUT2D eigenvalue weighted by atomic mass is 10.1. The van der Waals surface area contributed by atoms with Crippen LogP contribution in [-0.2, 0) is 11.3 Å². The molecule has 1 aliphatic heterocycles. The van der Waals surface area contributed by atoms with Gasteiger partial charge in [-0.1, -0.05) is 0 Å². The fourth-order valence-corrected chi connectivity index (χ4v) is 1.91. The van der Waals surface area contributed by atoms with Crippen molar-refractivity contribution in [1.29, 1.82) is 0 Å². The highest BCUT2D eigenvalue weighted by Crippen LogP contribution is 2.15. The summed E-state index contributed by atoms with van der Waals surface area (Å²) in [5, 5.41) is 12.0. The van der Waals surface area contributed by atoms with Gasteiger partial charge in [0.25, 0.3) is 0 Å². The Bertz CT molecular complexity index is 368. The number of furan rings is 1. The monoisotopic (exact) mass is 239 g/mol. The zero-order valence-corrected chi connectivity index (χ0v) is 9.65. The molecule has 5 heteroatoms. The van der Waals surface area contributed by atoms with Gasteiger partial charge in [-0.25, -0.2) is 4.79 Å². The van der Waals surface area contributed by atoms with Gasteiger partial charge in [0.1, 0.15) is 12.0 Å². The van der Waals surface area contributed by atoms with Crippen LogP contribution < -0.4 is 5.32 Å². The number of carboxylic acids is 1. The van der Waals surface area contributed by atoms with Gasteiger partial charge in [0.05, 0.1) is 12.1 Å². The van der Waals surface area contributed by atoms with Crippen LogP contribution in [0.15, 0.2) is 16.7 Å². The molecule has 0 aromatic carbocycles. The third-order valence-corrected chi connectivity index (χ3v) is 2.95. The van der Waals surface area contributed by atoms with Crippen LogP contribution in [0.2, 0.25) is 0 Å². The van der Waals surface area contributed by atoms with E-state index in [0.29, 0.717) is 18.2 Å². The predicted octanol–water partition coefficient (Wildman–Crippen LogP) is 1.49. The molecular weight excluding hydrogens is 222 g/mol. The standard InChI is InChI=1S/C12H17NO4/c14-12(15)10-5-11(17-8-10)6-13-3-1-9-2-4-16-7-9/h5,8-9,13H,1-4,6-7H2,(H,14,15). The Labute approximate surface area is 99.8 Å². The average Bonchev–Trinajstić information content (AvgIpc) is 2.96. The lowest BCUT2D eigenvalue weighted by molar-refractivity contribution is 0.0696. The van der Waals surface area contributed by atoms with Gasteiger partial charge in [0, 0.05) is 13.2 Å². The van der Waals surface area contributed by atoms with E-state index in [-0.39, 0.29) is 5.56 Å². The van der Waals surface area contributed by atoms with Crippen molar-refractivity contribution in [3.05, 3.63) is 23.7 Å². The summed E-state index contributed by atoms with van der Waals surface area (Å²) in [4.78, 5) is 10.6. The summed E-state index contributed by atoms with van der Waals surface area (Å²) in [5.41, 5.74) is 0.200. The summed E-state index contributed by atoms with van der Waals surface area (Å²) < 4.78 is 10.4. The number of carboxylic acid groups (broad SMARTS) is 1. The van der Waals surface area contributed by atoms with Crippen LogP contribution in [0, 0.1) is 5.92 Å². The fourth-order valence-electron chi connectivity index (χ4n) is 1.91. The van der Waals surface area contributed by atoms with Gasteiger partial charge in [-0.05, 0) is 31.4 Å². The van der Waals surface area contributed by atoms with Crippen LogP contribution in [0.5, 0.6) is 0 Å². The van der Waals surface area contributed by atoms with Crippen molar-refractivity contribution in [3.63, 3.8) is 0 Å². The molecule has 2 N–H and O–H groups in total. The molecule has 1 atom stereocenters. The number of hydrogen-bond donors (Lipinski definition) is 2.